The predicted molar refractivity (Wildman–Crippen MR) is 80.9 cm³/mol. The molecule has 0 aliphatic rings. The second-order valence-electron chi connectivity index (χ2n) is 5.46. The highest BCUT2D eigenvalue weighted by Gasteiger charge is 2.23. The average molecular weight is 299 g/mol. The summed E-state index contributed by atoms with van der Waals surface area (Å²) in [6, 6.07) is -0.502. The first-order valence-electron chi connectivity index (χ1n) is 6.21. The fourth-order valence-corrected chi connectivity index (χ4v) is 2.28. The van der Waals surface area contributed by atoms with Crippen molar-refractivity contribution in [3.63, 3.8) is 0 Å². The first-order valence-corrected chi connectivity index (χ1v) is 6.99. The molecule has 7 nitrogen and oxygen atoms in total. The number of rotatable bonds is 4. The third kappa shape index (κ3) is 4.09. The molecule has 1 aromatic rings. The summed E-state index contributed by atoms with van der Waals surface area (Å²) in [7, 11) is 1.51. The summed E-state index contributed by atoms with van der Waals surface area (Å²) in [5, 5.41) is 8.81. The van der Waals surface area contributed by atoms with Gasteiger partial charge in [-0.05, 0) is 39.2 Å². The van der Waals surface area contributed by atoms with E-state index in [2.05, 4.69) is 20.3 Å². The molecule has 0 aliphatic carbocycles. The molecule has 1 unspecified atom stereocenters. The highest BCUT2D eigenvalue weighted by molar-refractivity contribution is 7.11. The average Bonchev–Trinajstić information content (AvgIpc) is 2.67. The van der Waals surface area contributed by atoms with Crippen LogP contribution in [0.2, 0.25) is 0 Å². The Hall–Kier alpha value is -1.83. The van der Waals surface area contributed by atoms with Crippen LogP contribution in [0.15, 0.2) is 0 Å². The van der Waals surface area contributed by atoms with Gasteiger partial charge >= 0.3 is 0 Å². The summed E-state index contributed by atoms with van der Waals surface area (Å²) >= 11 is 1.06. The normalized spacial score (nSPS) is 12.7. The number of nitrogens with two attached hydrogens (primary N) is 1. The van der Waals surface area contributed by atoms with E-state index in [4.69, 9.17) is 5.73 Å². The molecule has 0 fully saturated rings. The lowest BCUT2D eigenvalue weighted by atomic mass is 10.1. The Balaban J connectivity index is 2.84. The van der Waals surface area contributed by atoms with E-state index >= 15 is 0 Å². The third-order valence-electron chi connectivity index (χ3n) is 2.41. The third-order valence-corrected chi connectivity index (χ3v) is 3.20. The summed E-state index contributed by atoms with van der Waals surface area (Å²) in [5.74, 6) is -0.338. The molecule has 0 aliphatic heterocycles. The molecule has 112 valence electrons. The molecule has 1 aromatic heterocycles. The number of anilines is 2. The molecule has 0 aromatic carbocycles. The molecule has 5 N–H and O–H groups in total. The summed E-state index contributed by atoms with van der Waals surface area (Å²) in [4.78, 5) is 23.7. The van der Waals surface area contributed by atoms with E-state index in [9.17, 15) is 9.59 Å². The van der Waals surface area contributed by atoms with Crippen LogP contribution in [0.1, 0.15) is 38.1 Å². The molecule has 2 amide bonds. The summed E-state index contributed by atoms with van der Waals surface area (Å²) in [5.41, 5.74) is 5.62. The van der Waals surface area contributed by atoms with Crippen molar-refractivity contribution >= 4 is 34.2 Å². The zero-order valence-electron chi connectivity index (χ0n) is 12.3. The van der Waals surface area contributed by atoms with E-state index in [0.29, 0.717) is 5.00 Å². The highest BCUT2D eigenvalue weighted by atomic mass is 32.1. The first kappa shape index (κ1) is 16.2. The fraction of sp³-hybridized carbons (Fsp3) is 0.583. The maximum absolute atomic E-state index is 12.0. The van der Waals surface area contributed by atoms with Gasteiger partial charge in [-0.25, -0.2) is 0 Å². The lowest BCUT2D eigenvalue weighted by Gasteiger charge is -2.23. The van der Waals surface area contributed by atoms with Crippen LogP contribution >= 0.6 is 11.5 Å². The molecule has 0 spiro atoms. The van der Waals surface area contributed by atoms with Gasteiger partial charge in [0.05, 0.1) is 0 Å². The minimum absolute atomic E-state index is 0.153. The molecule has 8 heteroatoms. The van der Waals surface area contributed by atoms with Crippen LogP contribution in [0.3, 0.4) is 0 Å². The van der Waals surface area contributed by atoms with Crippen LogP contribution in [0.4, 0.5) is 10.8 Å². The van der Waals surface area contributed by atoms with Gasteiger partial charge in [0.15, 0.2) is 5.82 Å². The molecule has 0 saturated carbocycles. The summed E-state index contributed by atoms with van der Waals surface area (Å²) < 4.78 is 3.94. The number of amides is 2. The second-order valence-corrected chi connectivity index (χ2v) is 6.23. The Kier molecular flexibility index (Phi) is 4.93. The maximum Gasteiger partial charge on any atom is 0.257 e. The van der Waals surface area contributed by atoms with Crippen molar-refractivity contribution in [1.82, 2.24) is 15.0 Å². The molecule has 1 heterocycles. The van der Waals surface area contributed by atoms with Crippen LogP contribution in [-0.2, 0) is 4.79 Å². The van der Waals surface area contributed by atoms with Gasteiger partial charge in [-0.1, -0.05) is 0 Å². The van der Waals surface area contributed by atoms with Gasteiger partial charge in [0.2, 0.25) is 5.91 Å². The van der Waals surface area contributed by atoms with E-state index in [1.165, 1.54) is 7.05 Å². The van der Waals surface area contributed by atoms with Crippen LogP contribution in [0, 0.1) is 0 Å². The van der Waals surface area contributed by atoms with Gasteiger partial charge in [-0.3, -0.25) is 9.59 Å². The molecule has 20 heavy (non-hydrogen) atoms. The standard InChI is InChI=1S/C12H21N5O2S/c1-6(9(18)16-12(2,3)4)15-11-7(10(19)14-5)8(13)17-20-11/h6,15H,1-5H3,(H2,13,17)(H,14,19)(H,16,18). The van der Waals surface area contributed by atoms with Crippen molar-refractivity contribution < 1.29 is 9.59 Å². The maximum atomic E-state index is 12.0. The number of hydrogen-bond donors (Lipinski definition) is 4. The van der Waals surface area contributed by atoms with Crippen molar-refractivity contribution in [2.24, 2.45) is 0 Å². The first-order chi connectivity index (χ1) is 9.15. The molecule has 1 atom stereocenters. The molecular weight excluding hydrogens is 278 g/mol. The second kappa shape index (κ2) is 6.08. The Morgan fingerprint density at radius 1 is 1.35 bits per heavy atom. The van der Waals surface area contributed by atoms with Crippen LogP contribution < -0.4 is 21.7 Å². The molecule has 0 saturated heterocycles. The number of nitrogens with zero attached hydrogens (tertiary/aromatic N) is 1. The van der Waals surface area contributed by atoms with Gasteiger partial charge in [0.25, 0.3) is 5.91 Å². The summed E-state index contributed by atoms with van der Waals surface area (Å²) in [6.45, 7) is 7.42. The van der Waals surface area contributed by atoms with Crippen molar-refractivity contribution in [2.75, 3.05) is 18.1 Å². The van der Waals surface area contributed by atoms with E-state index < -0.39 is 6.04 Å². The molecule has 0 radical (unpaired) electrons. The van der Waals surface area contributed by atoms with E-state index in [1.54, 1.807) is 6.92 Å². The van der Waals surface area contributed by atoms with E-state index in [1.807, 2.05) is 20.8 Å². The number of carbonyl (C=O) groups excluding carboxylic acids is 2. The largest absolute Gasteiger partial charge is 0.382 e. The Morgan fingerprint density at radius 3 is 2.45 bits per heavy atom. The van der Waals surface area contributed by atoms with Gasteiger partial charge < -0.3 is 21.7 Å². The smallest absolute Gasteiger partial charge is 0.257 e. The van der Waals surface area contributed by atoms with Gasteiger partial charge in [0.1, 0.15) is 16.6 Å². The number of nitrogen functional groups attached to an aromatic ring is 1. The van der Waals surface area contributed by atoms with Gasteiger partial charge in [0, 0.05) is 12.6 Å². The van der Waals surface area contributed by atoms with E-state index in [-0.39, 0.29) is 28.7 Å². The van der Waals surface area contributed by atoms with Gasteiger partial charge in [-0.2, -0.15) is 4.37 Å². The molecular formula is C12H21N5O2S. The van der Waals surface area contributed by atoms with Crippen LogP contribution in [0.5, 0.6) is 0 Å². The highest BCUT2D eigenvalue weighted by Crippen LogP contribution is 2.27. The predicted octanol–water partition coefficient (Wildman–Crippen LogP) is 0.800. The van der Waals surface area contributed by atoms with Crippen molar-refractivity contribution in [2.45, 2.75) is 39.3 Å². The van der Waals surface area contributed by atoms with Crippen molar-refractivity contribution in [1.29, 1.82) is 0 Å². The van der Waals surface area contributed by atoms with Crippen molar-refractivity contribution in [3.05, 3.63) is 5.56 Å². The molecule has 1 rings (SSSR count). The number of carbonyl (C=O) groups is 2. The number of nitrogens with one attached hydrogen (secondary N) is 3. The quantitative estimate of drug-likeness (QED) is 0.657. The Labute approximate surface area is 122 Å². The summed E-state index contributed by atoms with van der Waals surface area (Å²) in [6.07, 6.45) is 0. The Morgan fingerprint density at radius 2 is 1.95 bits per heavy atom. The van der Waals surface area contributed by atoms with E-state index in [0.717, 1.165) is 11.5 Å². The van der Waals surface area contributed by atoms with Crippen LogP contribution in [-0.4, -0.2) is 34.8 Å². The lowest BCUT2D eigenvalue weighted by Crippen LogP contribution is -2.47. The number of aromatic nitrogens is 1. The topological polar surface area (TPSA) is 109 Å². The zero-order chi connectivity index (χ0) is 15.5. The monoisotopic (exact) mass is 299 g/mol. The minimum atomic E-state index is -0.502. The van der Waals surface area contributed by atoms with Gasteiger partial charge in [-0.15, -0.1) is 0 Å². The SMILES string of the molecule is CNC(=O)c1c(N)nsc1NC(C)C(=O)NC(C)(C)C. The molecule has 0 bridgehead atoms. The Bertz CT molecular complexity index is 506. The fourth-order valence-electron chi connectivity index (χ4n) is 1.49. The minimum Gasteiger partial charge on any atom is -0.382 e. The lowest BCUT2D eigenvalue weighted by molar-refractivity contribution is -0.122. The van der Waals surface area contributed by atoms with Crippen LogP contribution in [0.25, 0.3) is 0 Å². The van der Waals surface area contributed by atoms with Crippen molar-refractivity contribution in [3.8, 4) is 0 Å². The number of hydrogen-bond acceptors (Lipinski definition) is 6. The zero-order valence-corrected chi connectivity index (χ0v) is 13.1.